The highest BCUT2D eigenvalue weighted by Gasteiger charge is 2.23. The van der Waals surface area contributed by atoms with Crippen molar-refractivity contribution in [1.29, 1.82) is 0 Å². The van der Waals surface area contributed by atoms with E-state index in [-0.39, 0.29) is 6.10 Å². The van der Waals surface area contributed by atoms with E-state index < -0.39 is 0 Å². The molecule has 112 valence electrons. The van der Waals surface area contributed by atoms with Crippen LogP contribution in [-0.4, -0.2) is 35.8 Å². The lowest BCUT2D eigenvalue weighted by Gasteiger charge is -2.34. The van der Waals surface area contributed by atoms with Gasteiger partial charge in [-0.3, -0.25) is 5.43 Å². The van der Waals surface area contributed by atoms with E-state index in [2.05, 4.69) is 26.4 Å². The quantitative estimate of drug-likeness (QED) is 0.661. The van der Waals surface area contributed by atoms with Crippen LogP contribution in [0.15, 0.2) is 24.3 Å². The molecule has 1 aliphatic heterocycles. The number of nitrogens with zero attached hydrogens (tertiary/aromatic N) is 3. The molecule has 1 aliphatic rings. The molecule has 0 bridgehead atoms. The van der Waals surface area contributed by atoms with Gasteiger partial charge in [-0.1, -0.05) is 12.1 Å². The largest absolute Gasteiger partial charge is 0.377 e. The first-order chi connectivity index (χ1) is 10.3. The molecule has 0 saturated carbocycles. The first-order valence-electron chi connectivity index (χ1n) is 7.41. The van der Waals surface area contributed by atoms with Gasteiger partial charge >= 0.3 is 0 Å². The van der Waals surface area contributed by atoms with Crippen molar-refractivity contribution in [1.82, 2.24) is 9.97 Å². The minimum absolute atomic E-state index is 0.270. The summed E-state index contributed by atoms with van der Waals surface area (Å²) in [4.78, 5) is 11.2. The van der Waals surface area contributed by atoms with Crippen LogP contribution in [0, 0.1) is 0 Å². The summed E-state index contributed by atoms with van der Waals surface area (Å²) >= 11 is 0. The van der Waals surface area contributed by atoms with Crippen molar-refractivity contribution in [2.45, 2.75) is 25.9 Å². The fourth-order valence-electron chi connectivity index (χ4n) is 2.87. The van der Waals surface area contributed by atoms with Gasteiger partial charge in [-0.15, -0.1) is 0 Å². The van der Waals surface area contributed by atoms with Crippen LogP contribution in [-0.2, 0) is 4.74 Å². The number of nitrogens with one attached hydrogen (secondary N) is 1. The molecule has 1 fully saturated rings. The number of aromatic nitrogens is 2. The average Bonchev–Trinajstić information content (AvgIpc) is 2.54. The summed E-state index contributed by atoms with van der Waals surface area (Å²) in [6.45, 7) is 4.63. The summed E-state index contributed by atoms with van der Waals surface area (Å²) in [5.74, 6) is 6.87. The number of piperidine rings is 1. The summed E-state index contributed by atoms with van der Waals surface area (Å²) in [6.07, 6.45) is 2.48. The maximum Gasteiger partial charge on any atom is 0.239 e. The standard InChI is InChI=1S/C15H21N5O/c1-2-21-11-6-5-9-20(10-11)14-12-7-3-4-8-13(12)17-15(18-14)19-16/h3-4,7-8,11H,2,5-6,9-10,16H2,1H3,(H,17,18,19). The van der Waals surface area contributed by atoms with Gasteiger partial charge in [0.05, 0.1) is 11.6 Å². The third-order valence-electron chi connectivity index (χ3n) is 3.79. The van der Waals surface area contributed by atoms with E-state index in [1.54, 1.807) is 0 Å². The fraction of sp³-hybridized carbons (Fsp3) is 0.467. The first kappa shape index (κ1) is 14.0. The van der Waals surface area contributed by atoms with Crippen LogP contribution in [0.1, 0.15) is 19.8 Å². The van der Waals surface area contributed by atoms with Crippen LogP contribution in [0.3, 0.4) is 0 Å². The molecule has 3 N–H and O–H groups in total. The Morgan fingerprint density at radius 3 is 3.05 bits per heavy atom. The first-order valence-corrected chi connectivity index (χ1v) is 7.41. The number of fused-ring (bicyclic) bond motifs is 1. The lowest BCUT2D eigenvalue weighted by Crippen LogP contribution is -2.40. The normalized spacial score (nSPS) is 19.0. The van der Waals surface area contributed by atoms with E-state index in [1.165, 1.54) is 0 Å². The van der Waals surface area contributed by atoms with Gasteiger partial charge in [0.15, 0.2) is 0 Å². The van der Waals surface area contributed by atoms with Crippen LogP contribution in [0.4, 0.5) is 11.8 Å². The van der Waals surface area contributed by atoms with E-state index in [4.69, 9.17) is 10.6 Å². The lowest BCUT2D eigenvalue weighted by atomic mass is 10.1. The molecule has 0 aliphatic carbocycles. The molecule has 6 heteroatoms. The Hall–Kier alpha value is -1.92. The van der Waals surface area contributed by atoms with Gasteiger partial charge in [0.2, 0.25) is 5.95 Å². The summed E-state index contributed by atoms with van der Waals surface area (Å²) in [6, 6.07) is 8.01. The molecule has 3 rings (SSSR count). The molecule has 0 radical (unpaired) electrons. The van der Waals surface area contributed by atoms with Crippen LogP contribution >= 0.6 is 0 Å². The SMILES string of the molecule is CCOC1CCCN(c2nc(NN)nc3ccccc23)C1. The number of nitrogen functional groups attached to an aromatic ring is 1. The number of hydrogen-bond donors (Lipinski definition) is 2. The summed E-state index contributed by atoms with van der Waals surface area (Å²) in [7, 11) is 0. The number of ether oxygens (including phenoxy) is 1. The summed E-state index contributed by atoms with van der Waals surface area (Å²) in [5, 5.41) is 1.05. The van der Waals surface area contributed by atoms with Gasteiger partial charge < -0.3 is 9.64 Å². The number of rotatable bonds is 4. The molecule has 2 aromatic rings. The Balaban J connectivity index is 1.98. The molecule has 0 amide bonds. The topological polar surface area (TPSA) is 76.3 Å². The minimum Gasteiger partial charge on any atom is -0.377 e. The van der Waals surface area contributed by atoms with Gasteiger partial charge in [0, 0.05) is 25.1 Å². The van der Waals surface area contributed by atoms with Crippen LogP contribution in [0.2, 0.25) is 0 Å². The summed E-state index contributed by atoms with van der Waals surface area (Å²) < 4.78 is 5.78. The monoisotopic (exact) mass is 287 g/mol. The smallest absolute Gasteiger partial charge is 0.239 e. The van der Waals surface area contributed by atoms with Gasteiger partial charge in [-0.05, 0) is 31.9 Å². The molecule has 1 aromatic heterocycles. The van der Waals surface area contributed by atoms with Crippen molar-refractivity contribution in [3.8, 4) is 0 Å². The third kappa shape index (κ3) is 2.91. The molecular weight excluding hydrogens is 266 g/mol. The van der Waals surface area contributed by atoms with E-state index in [9.17, 15) is 0 Å². The predicted octanol–water partition coefficient (Wildman–Crippen LogP) is 1.92. The Bertz CT molecular complexity index is 616. The molecule has 6 nitrogen and oxygen atoms in total. The molecule has 1 aromatic carbocycles. The Labute approximate surface area is 124 Å². The zero-order valence-corrected chi connectivity index (χ0v) is 12.2. The number of hydrogen-bond acceptors (Lipinski definition) is 6. The van der Waals surface area contributed by atoms with Gasteiger partial charge in [0.1, 0.15) is 5.82 Å². The van der Waals surface area contributed by atoms with E-state index in [1.807, 2.05) is 25.1 Å². The Morgan fingerprint density at radius 1 is 1.38 bits per heavy atom. The van der Waals surface area contributed by atoms with Crippen molar-refractivity contribution < 1.29 is 4.74 Å². The molecule has 2 heterocycles. The number of hydrazine groups is 1. The third-order valence-corrected chi connectivity index (χ3v) is 3.79. The van der Waals surface area contributed by atoms with Crippen LogP contribution < -0.4 is 16.2 Å². The van der Waals surface area contributed by atoms with Gasteiger partial charge in [0.25, 0.3) is 0 Å². The Kier molecular flexibility index (Phi) is 4.17. The molecule has 1 atom stereocenters. The number of benzene rings is 1. The summed E-state index contributed by atoms with van der Waals surface area (Å²) in [5.41, 5.74) is 3.45. The second-order valence-corrected chi connectivity index (χ2v) is 5.20. The lowest BCUT2D eigenvalue weighted by molar-refractivity contribution is 0.0526. The van der Waals surface area contributed by atoms with Crippen molar-refractivity contribution in [3.05, 3.63) is 24.3 Å². The van der Waals surface area contributed by atoms with E-state index in [0.29, 0.717) is 5.95 Å². The highest BCUT2D eigenvalue weighted by Crippen LogP contribution is 2.28. The highest BCUT2D eigenvalue weighted by atomic mass is 16.5. The van der Waals surface area contributed by atoms with E-state index >= 15 is 0 Å². The number of nitrogens with two attached hydrogens (primary N) is 1. The van der Waals surface area contributed by atoms with Gasteiger partial charge in [-0.25, -0.2) is 10.8 Å². The van der Waals surface area contributed by atoms with Gasteiger partial charge in [-0.2, -0.15) is 4.98 Å². The highest BCUT2D eigenvalue weighted by molar-refractivity contribution is 5.90. The fourth-order valence-corrected chi connectivity index (χ4v) is 2.87. The maximum absolute atomic E-state index is 5.78. The molecule has 0 spiro atoms. The molecular formula is C15H21N5O. The van der Waals surface area contributed by atoms with Crippen LogP contribution in [0.25, 0.3) is 10.9 Å². The van der Waals surface area contributed by atoms with Crippen molar-refractivity contribution in [2.24, 2.45) is 5.84 Å². The second kappa shape index (κ2) is 6.24. The van der Waals surface area contributed by atoms with Crippen molar-refractivity contribution >= 4 is 22.7 Å². The van der Waals surface area contributed by atoms with E-state index in [0.717, 1.165) is 49.3 Å². The molecule has 1 unspecified atom stereocenters. The van der Waals surface area contributed by atoms with Crippen molar-refractivity contribution in [2.75, 3.05) is 30.0 Å². The average molecular weight is 287 g/mol. The molecule has 1 saturated heterocycles. The van der Waals surface area contributed by atoms with Crippen LogP contribution in [0.5, 0.6) is 0 Å². The zero-order valence-electron chi connectivity index (χ0n) is 12.2. The number of anilines is 2. The maximum atomic E-state index is 5.78. The number of para-hydroxylation sites is 1. The second-order valence-electron chi connectivity index (χ2n) is 5.20. The zero-order chi connectivity index (χ0) is 14.7. The predicted molar refractivity (Wildman–Crippen MR) is 84.2 cm³/mol. The Morgan fingerprint density at radius 2 is 2.24 bits per heavy atom. The minimum atomic E-state index is 0.270. The molecule has 21 heavy (non-hydrogen) atoms. The van der Waals surface area contributed by atoms with Crippen molar-refractivity contribution in [3.63, 3.8) is 0 Å².